The van der Waals surface area contributed by atoms with Gasteiger partial charge in [-0.05, 0) is 51.0 Å². The number of carbonyl (C=O) groups is 1. The van der Waals surface area contributed by atoms with Crippen molar-refractivity contribution < 1.29 is 4.79 Å². The molecule has 0 saturated carbocycles. The van der Waals surface area contributed by atoms with Crippen LogP contribution in [0.3, 0.4) is 0 Å². The van der Waals surface area contributed by atoms with Crippen LogP contribution in [0.15, 0.2) is 53.3 Å². The highest BCUT2D eigenvalue weighted by Gasteiger charge is 2.35. The second-order valence-electron chi connectivity index (χ2n) is 9.73. The van der Waals surface area contributed by atoms with Crippen molar-refractivity contribution in [1.82, 2.24) is 19.4 Å². The molecule has 0 spiro atoms. The number of amides is 1. The molecule has 1 unspecified atom stereocenters. The van der Waals surface area contributed by atoms with E-state index in [2.05, 4.69) is 60.9 Å². The Balaban J connectivity index is 1.69. The number of hydrogen-bond donors (Lipinski definition) is 1. The number of rotatable bonds is 8. The lowest BCUT2D eigenvalue weighted by Crippen LogP contribution is -2.57. The van der Waals surface area contributed by atoms with Crippen LogP contribution in [0.2, 0.25) is 0 Å². The second kappa shape index (κ2) is 10.7. The fraction of sp³-hybridized carbons (Fsp3) is 0.464. The van der Waals surface area contributed by atoms with Gasteiger partial charge in [-0.25, -0.2) is 4.98 Å². The minimum atomic E-state index is -0.516. The molecule has 2 aromatic carbocycles. The summed E-state index contributed by atoms with van der Waals surface area (Å²) in [5.41, 5.74) is 7.67. The molecule has 0 bridgehead atoms. The van der Waals surface area contributed by atoms with Gasteiger partial charge < -0.3 is 5.73 Å². The van der Waals surface area contributed by atoms with Crippen molar-refractivity contribution in [1.29, 1.82) is 0 Å². The lowest BCUT2D eigenvalue weighted by Gasteiger charge is -2.47. The van der Waals surface area contributed by atoms with Crippen LogP contribution in [0.5, 0.6) is 0 Å². The maximum atomic E-state index is 13.4. The van der Waals surface area contributed by atoms with Gasteiger partial charge in [0.25, 0.3) is 5.56 Å². The fourth-order valence-electron chi connectivity index (χ4n) is 5.46. The Bertz CT molecular complexity index is 1230. The number of hydrogen-bond acceptors (Lipinski definition) is 5. The summed E-state index contributed by atoms with van der Waals surface area (Å²) in [7, 11) is 0. The summed E-state index contributed by atoms with van der Waals surface area (Å²) in [5.74, 6) is 0.265. The van der Waals surface area contributed by atoms with Crippen LogP contribution in [0.4, 0.5) is 0 Å². The Kier molecular flexibility index (Phi) is 7.67. The average Bonchev–Trinajstić information content (AvgIpc) is 2.85. The zero-order valence-electron chi connectivity index (χ0n) is 21.3. The van der Waals surface area contributed by atoms with Gasteiger partial charge in [0.1, 0.15) is 5.82 Å². The topological polar surface area (TPSA) is 84.5 Å². The van der Waals surface area contributed by atoms with Gasteiger partial charge in [-0.1, -0.05) is 43.7 Å². The smallest absolute Gasteiger partial charge is 0.261 e. The molecule has 1 amide bonds. The molecule has 1 aromatic heterocycles. The van der Waals surface area contributed by atoms with Crippen molar-refractivity contribution in [2.75, 3.05) is 13.1 Å². The molecule has 4 rings (SSSR count). The van der Waals surface area contributed by atoms with Gasteiger partial charge in [0, 0.05) is 43.8 Å². The van der Waals surface area contributed by atoms with E-state index in [0.717, 1.165) is 38.3 Å². The molecule has 7 nitrogen and oxygen atoms in total. The number of aromatic nitrogens is 2. The first-order valence-corrected chi connectivity index (χ1v) is 12.7. The van der Waals surface area contributed by atoms with E-state index in [1.807, 2.05) is 6.92 Å². The van der Waals surface area contributed by atoms with Crippen LogP contribution in [0, 0.1) is 0 Å². The number of benzene rings is 2. The van der Waals surface area contributed by atoms with E-state index in [1.54, 1.807) is 22.8 Å². The van der Waals surface area contributed by atoms with E-state index < -0.39 is 5.91 Å². The second-order valence-corrected chi connectivity index (χ2v) is 9.73. The summed E-state index contributed by atoms with van der Waals surface area (Å²) in [6.45, 7) is 12.0. The average molecular weight is 476 g/mol. The van der Waals surface area contributed by atoms with Crippen LogP contribution < -0.4 is 11.3 Å². The number of primary amides is 1. The number of carbonyl (C=O) groups excluding carboxylic acids is 1. The summed E-state index contributed by atoms with van der Waals surface area (Å²) >= 11 is 0. The first-order valence-electron chi connectivity index (χ1n) is 12.7. The zero-order valence-corrected chi connectivity index (χ0v) is 21.3. The first kappa shape index (κ1) is 25.1. The predicted octanol–water partition coefficient (Wildman–Crippen LogP) is 3.95. The van der Waals surface area contributed by atoms with Gasteiger partial charge in [-0.2, -0.15) is 0 Å². The van der Waals surface area contributed by atoms with Gasteiger partial charge in [0.05, 0.1) is 16.9 Å². The number of fused-ring (bicyclic) bond motifs is 1. The van der Waals surface area contributed by atoms with Gasteiger partial charge in [0.2, 0.25) is 5.91 Å². The van der Waals surface area contributed by atoms with E-state index in [9.17, 15) is 9.59 Å². The zero-order chi connectivity index (χ0) is 25.1. The van der Waals surface area contributed by atoms with Crippen molar-refractivity contribution in [2.45, 2.75) is 71.8 Å². The number of piperazine rings is 1. The molecule has 1 saturated heterocycles. The Morgan fingerprint density at radius 2 is 1.77 bits per heavy atom. The highest BCUT2D eigenvalue weighted by atomic mass is 16.1. The lowest BCUT2D eigenvalue weighted by molar-refractivity contribution is 0.00553. The van der Waals surface area contributed by atoms with Gasteiger partial charge >= 0.3 is 0 Å². The van der Waals surface area contributed by atoms with Crippen LogP contribution in [0.1, 0.15) is 68.3 Å². The quantitative estimate of drug-likeness (QED) is 0.533. The Hall–Kier alpha value is -3.03. The van der Waals surface area contributed by atoms with Gasteiger partial charge in [-0.3, -0.25) is 24.0 Å². The summed E-state index contributed by atoms with van der Waals surface area (Å²) < 4.78 is 1.80. The van der Waals surface area contributed by atoms with Crippen LogP contribution >= 0.6 is 0 Å². The summed E-state index contributed by atoms with van der Waals surface area (Å²) in [4.78, 5) is 35.2. The van der Waals surface area contributed by atoms with E-state index >= 15 is 0 Å². The molecule has 2 heterocycles. The summed E-state index contributed by atoms with van der Waals surface area (Å²) in [5, 5.41) is 0.519. The molecular weight excluding hydrogens is 438 g/mol. The van der Waals surface area contributed by atoms with Crippen LogP contribution in [-0.4, -0.2) is 50.4 Å². The van der Waals surface area contributed by atoms with Crippen molar-refractivity contribution in [3.8, 4) is 0 Å². The molecule has 0 aliphatic carbocycles. The molecule has 1 aliphatic heterocycles. The molecule has 3 aromatic rings. The van der Waals surface area contributed by atoms with Crippen molar-refractivity contribution in [2.24, 2.45) is 5.73 Å². The molecule has 3 atom stereocenters. The van der Waals surface area contributed by atoms with Crippen molar-refractivity contribution in [3.05, 3.63) is 75.8 Å². The van der Waals surface area contributed by atoms with E-state index in [1.165, 1.54) is 5.56 Å². The molecule has 1 fully saturated rings. The predicted molar refractivity (Wildman–Crippen MR) is 140 cm³/mol. The molecule has 2 N–H and O–H groups in total. The molecule has 1 aliphatic rings. The summed E-state index contributed by atoms with van der Waals surface area (Å²) in [6.07, 6.45) is 1.89. The monoisotopic (exact) mass is 475 g/mol. The molecule has 186 valence electrons. The molecule has 0 radical (unpaired) electrons. The van der Waals surface area contributed by atoms with E-state index in [0.29, 0.717) is 35.1 Å². The SMILES string of the molecule is CCCC(c1nc2cc(C(N)=O)ccc2c(=O)n1CC)N1C[C@@H](C)N(Cc2ccccc2)[C@@H](C)C1. The third-order valence-corrected chi connectivity index (χ3v) is 7.22. The van der Waals surface area contributed by atoms with Gasteiger partial charge in [0.15, 0.2) is 0 Å². The standard InChI is InChI=1S/C28H37N5O2/c1-5-10-25(31-16-19(3)33(20(4)17-31)18-21-11-8-7-9-12-21)27-30-24-15-22(26(29)34)13-14-23(24)28(35)32(27)6-2/h7-9,11-15,19-20,25H,5-6,10,16-18H2,1-4H3,(H2,29,34)/t19-,20+,25?. The lowest BCUT2D eigenvalue weighted by atomic mass is 10.0. The highest BCUT2D eigenvalue weighted by molar-refractivity contribution is 5.96. The van der Waals surface area contributed by atoms with Gasteiger partial charge in [-0.15, -0.1) is 0 Å². The Labute approximate surface area is 207 Å². The van der Waals surface area contributed by atoms with Crippen LogP contribution in [0.25, 0.3) is 10.9 Å². The maximum absolute atomic E-state index is 13.4. The van der Waals surface area contributed by atoms with E-state index in [-0.39, 0.29) is 11.6 Å². The molecule has 35 heavy (non-hydrogen) atoms. The summed E-state index contributed by atoms with van der Waals surface area (Å²) in [6, 6.07) is 16.3. The number of nitrogens with two attached hydrogens (primary N) is 1. The molecular formula is C28H37N5O2. The third kappa shape index (κ3) is 5.16. The normalized spacial score (nSPS) is 20.2. The molecule has 7 heteroatoms. The maximum Gasteiger partial charge on any atom is 0.261 e. The Morgan fingerprint density at radius 1 is 1.09 bits per heavy atom. The highest BCUT2D eigenvalue weighted by Crippen LogP contribution is 2.30. The van der Waals surface area contributed by atoms with Crippen LogP contribution in [-0.2, 0) is 13.1 Å². The minimum absolute atomic E-state index is 0.0260. The van der Waals surface area contributed by atoms with E-state index in [4.69, 9.17) is 10.7 Å². The number of nitrogens with zero attached hydrogens (tertiary/aromatic N) is 4. The third-order valence-electron chi connectivity index (χ3n) is 7.22. The minimum Gasteiger partial charge on any atom is -0.366 e. The first-order chi connectivity index (χ1) is 16.8. The van der Waals surface area contributed by atoms with Crippen molar-refractivity contribution >= 4 is 16.8 Å². The largest absolute Gasteiger partial charge is 0.366 e. The fourth-order valence-corrected chi connectivity index (χ4v) is 5.46. The van der Waals surface area contributed by atoms with Crippen molar-refractivity contribution in [3.63, 3.8) is 0 Å². The Morgan fingerprint density at radius 3 is 2.37 bits per heavy atom.